The molecule has 0 spiro atoms. The van der Waals surface area contributed by atoms with E-state index in [9.17, 15) is 19.8 Å². The van der Waals surface area contributed by atoms with Crippen LogP contribution in [0.2, 0.25) is 0 Å². The maximum atomic E-state index is 12.6. The van der Waals surface area contributed by atoms with Crippen LogP contribution in [0.4, 0.5) is 0 Å². The Labute approximate surface area is 170 Å². The molecule has 1 aliphatic rings. The number of rotatable bonds is 8. The molecular weight excluding hydrogens is 370 g/mol. The number of carboxylic acids is 1. The topological polar surface area (TPSA) is 110 Å². The number of aliphatic hydroxyl groups excluding tert-OH is 1. The molecule has 4 N–H and O–H groups in total. The van der Waals surface area contributed by atoms with E-state index in [0.717, 1.165) is 22.3 Å². The number of carbonyl (C=O) groups excluding carboxylic acids is 1. The van der Waals surface area contributed by atoms with Crippen LogP contribution in [0.1, 0.15) is 37.3 Å². The van der Waals surface area contributed by atoms with Gasteiger partial charge in [0.15, 0.2) is 5.92 Å². The van der Waals surface area contributed by atoms with Gasteiger partial charge in [-0.3, -0.25) is 9.59 Å². The van der Waals surface area contributed by atoms with Gasteiger partial charge < -0.3 is 20.7 Å². The van der Waals surface area contributed by atoms with Crippen molar-refractivity contribution in [1.29, 1.82) is 0 Å². The summed E-state index contributed by atoms with van der Waals surface area (Å²) < 4.78 is 5.40. The largest absolute Gasteiger partial charge is 0.481 e. The highest BCUT2D eigenvalue weighted by molar-refractivity contribution is 5.94. The first-order valence-electron chi connectivity index (χ1n) is 9.82. The van der Waals surface area contributed by atoms with E-state index in [1.165, 1.54) is 0 Å². The average Bonchev–Trinajstić information content (AvgIpc) is 2.99. The second-order valence-corrected chi connectivity index (χ2v) is 7.96. The van der Waals surface area contributed by atoms with Gasteiger partial charge in [0.2, 0.25) is 0 Å². The predicted molar refractivity (Wildman–Crippen MR) is 109 cm³/mol. The maximum Gasteiger partial charge on any atom is 0.323 e. The number of aliphatic carboxylic acids is 1. The number of ether oxygens (including phenoxy) is 1. The van der Waals surface area contributed by atoms with E-state index in [-0.39, 0.29) is 18.4 Å². The van der Waals surface area contributed by atoms with Gasteiger partial charge in [0, 0.05) is 12.0 Å². The van der Waals surface area contributed by atoms with Crippen molar-refractivity contribution in [2.45, 2.75) is 38.3 Å². The van der Waals surface area contributed by atoms with Crippen LogP contribution < -0.4 is 5.73 Å². The molecule has 0 saturated carbocycles. The molecule has 3 atom stereocenters. The number of hydrogen-bond donors (Lipinski definition) is 3. The average molecular weight is 397 g/mol. The zero-order chi connectivity index (χ0) is 21.1. The molecule has 0 aliphatic heterocycles. The SMILES string of the molecule is CC(C)C[C@H](N)[C@@H](O)C(C(=O)O)C(=O)OCC1c2ccccc2-c2ccccc21. The molecule has 0 fully saturated rings. The molecule has 2 aromatic rings. The minimum absolute atomic E-state index is 0.00276. The monoisotopic (exact) mass is 397 g/mol. The fourth-order valence-corrected chi connectivity index (χ4v) is 4.01. The first-order chi connectivity index (χ1) is 13.8. The summed E-state index contributed by atoms with van der Waals surface area (Å²) >= 11 is 0. The molecule has 0 bridgehead atoms. The van der Waals surface area contributed by atoms with Crippen LogP contribution in [0.3, 0.4) is 0 Å². The van der Waals surface area contributed by atoms with Gasteiger partial charge in [-0.25, -0.2) is 0 Å². The van der Waals surface area contributed by atoms with E-state index < -0.39 is 30.0 Å². The van der Waals surface area contributed by atoms with Crippen molar-refractivity contribution in [3.05, 3.63) is 59.7 Å². The fourth-order valence-electron chi connectivity index (χ4n) is 4.01. The Morgan fingerprint density at radius 2 is 1.55 bits per heavy atom. The summed E-state index contributed by atoms with van der Waals surface area (Å²) in [5.74, 6) is -4.13. The minimum Gasteiger partial charge on any atom is -0.481 e. The molecule has 0 aromatic heterocycles. The van der Waals surface area contributed by atoms with Crippen molar-refractivity contribution in [3.63, 3.8) is 0 Å². The highest BCUT2D eigenvalue weighted by atomic mass is 16.5. The van der Waals surface area contributed by atoms with Gasteiger partial charge >= 0.3 is 11.9 Å². The normalized spacial score (nSPS) is 16.0. The van der Waals surface area contributed by atoms with E-state index in [1.54, 1.807) is 0 Å². The Hall–Kier alpha value is -2.70. The van der Waals surface area contributed by atoms with Crippen molar-refractivity contribution in [3.8, 4) is 11.1 Å². The lowest BCUT2D eigenvalue weighted by Crippen LogP contribution is -2.47. The Bertz CT molecular complexity index is 849. The van der Waals surface area contributed by atoms with E-state index >= 15 is 0 Å². The van der Waals surface area contributed by atoms with Crippen molar-refractivity contribution in [1.82, 2.24) is 0 Å². The summed E-state index contributed by atoms with van der Waals surface area (Å²) in [6.45, 7) is 3.83. The highest BCUT2D eigenvalue weighted by Gasteiger charge is 2.39. The molecule has 0 heterocycles. The number of benzene rings is 2. The molecule has 0 radical (unpaired) electrons. The second kappa shape index (κ2) is 8.76. The van der Waals surface area contributed by atoms with Crippen LogP contribution in [-0.2, 0) is 14.3 Å². The summed E-state index contributed by atoms with van der Waals surface area (Å²) in [5.41, 5.74) is 10.1. The number of aliphatic hydroxyl groups is 1. The van der Waals surface area contributed by atoms with Crippen LogP contribution in [0, 0.1) is 11.8 Å². The number of fused-ring (bicyclic) bond motifs is 3. The number of nitrogens with two attached hydrogens (primary N) is 1. The van der Waals surface area contributed by atoms with Crippen LogP contribution in [0.15, 0.2) is 48.5 Å². The lowest BCUT2D eigenvalue weighted by molar-refractivity contribution is -0.165. The molecule has 1 unspecified atom stereocenters. The Morgan fingerprint density at radius 1 is 1.03 bits per heavy atom. The summed E-state index contributed by atoms with van der Waals surface area (Å²) in [4.78, 5) is 24.2. The van der Waals surface area contributed by atoms with Gasteiger partial charge in [0.05, 0.1) is 6.10 Å². The summed E-state index contributed by atoms with van der Waals surface area (Å²) in [6.07, 6.45) is -1.10. The molecule has 29 heavy (non-hydrogen) atoms. The molecule has 3 rings (SSSR count). The first kappa shape index (κ1) is 21.0. The van der Waals surface area contributed by atoms with Gasteiger partial charge in [0.1, 0.15) is 6.61 Å². The van der Waals surface area contributed by atoms with E-state index in [0.29, 0.717) is 6.42 Å². The lowest BCUT2D eigenvalue weighted by Gasteiger charge is -2.25. The molecule has 6 heteroatoms. The van der Waals surface area contributed by atoms with Crippen molar-refractivity contribution >= 4 is 11.9 Å². The van der Waals surface area contributed by atoms with E-state index in [1.807, 2.05) is 62.4 Å². The lowest BCUT2D eigenvalue weighted by atomic mass is 9.91. The van der Waals surface area contributed by atoms with Gasteiger partial charge in [-0.15, -0.1) is 0 Å². The van der Waals surface area contributed by atoms with Gasteiger partial charge in [0.25, 0.3) is 0 Å². The smallest absolute Gasteiger partial charge is 0.323 e. The zero-order valence-corrected chi connectivity index (χ0v) is 16.6. The molecule has 0 amide bonds. The Kier molecular flexibility index (Phi) is 6.35. The summed E-state index contributed by atoms with van der Waals surface area (Å²) in [5, 5.41) is 19.9. The van der Waals surface area contributed by atoms with Crippen LogP contribution in [0.5, 0.6) is 0 Å². The van der Waals surface area contributed by atoms with Crippen LogP contribution >= 0.6 is 0 Å². The van der Waals surface area contributed by atoms with E-state index in [2.05, 4.69) is 0 Å². The standard InChI is InChI=1S/C23H27NO5/c1-13(2)11-19(24)21(25)20(22(26)27)23(28)29-12-18-16-9-5-3-7-14(16)15-8-4-6-10-17(15)18/h3-10,13,18-21,25H,11-12,24H2,1-2H3,(H,26,27)/t19-,20?,21+/m0/s1. The number of carboxylic acid groups (broad SMARTS) is 1. The fraction of sp³-hybridized carbons (Fsp3) is 0.391. The third-order valence-corrected chi connectivity index (χ3v) is 5.40. The summed E-state index contributed by atoms with van der Waals surface area (Å²) in [7, 11) is 0. The zero-order valence-electron chi connectivity index (χ0n) is 16.6. The highest BCUT2D eigenvalue weighted by Crippen LogP contribution is 2.44. The van der Waals surface area contributed by atoms with Crippen molar-refractivity contribution in [2.24, 2.45) is 17.6 Å². The van der Waals surface area contributed by atoms with Crippen LogP contribution in [-0.4, -0.2) is 40.9 Å². The Morgan fingerprint density at radius 3 is 2.03 bits per heavy atom. The molecule has 6 nitrogen and oxygen atoms in total. The third kappa shape index (κ3) is 4.33. The molecule has 1 aliphatic carbocycles. The minimum atomic E-state index is -1.71. The first-order valence-corrected chi connectivity index (χ1v) is 9.82. The third-order valence-electron chi connectivity index (χ3n) is 5.40. The number of hydrogen-bond acceptors (Lipinski definition) is 5. The van der Waals surface area contributed by atoms with Crippen LogP contribution in [0.25, 0.3) is 11.1 Å². The van der Waals surface area contributed by atoms with Gasteiger partial charge in [-0.05, 0) is 34.6 Å². The molecule has 2 aromatic carbocycles. The molecular formula is C23H27NO5. The number of esters is 1. The number of carbonyl (C=O) groups is 2. The molecule has 154 valence electrons. The summed E-state index contributed by atoms with van der Waals surface area (Å²) in [6, 6.07) is 14.9. The van der Waals surface area contributed by atoms with Gasteiger partial charge in [-0.1, -0.05) is 62.4 Å². The van der Waals surface area contributed by atoms with E-state index in [4.69, 9.17) is 10.5 Å². The van der Waals surface area contributed by atoms with Crippen molar-refractivity contribution in [2.75, 3.05) is 6.61 Å². The van der Waals surface area contributed by atoms with Gasteiger partial charge in [-0.2, -0.15) is 0 Å². The second-order valence-electron chi connectivity index (χ2n) is 7.96. The predicted octanol–water partition coefficient (Wildman–Crippen LogP) is 2.78. The maximum absolute atomic E-state index is 12.6. The molecule has 0 saturated heterocycles. The quantitative estimate of drug-likeness (QED) is 0.467. The van der Waals surface area contributed by atoms with Crippen molar-refractivity contribution < 1.29 is 24.5 Å². The Balaban J connectivity index is 1.76.